The van der Waals surface area contributed by atoms with Gasteiger partial charge in [0.15, 0.2) is 0 Å². The number of carbonyl (C=O) groups is 2. The molecule has 0 N–H and O–H groups in total. The van der Waals surface area contributed by atoms with Crippen molar-refractivity contribution in [3.05, 3.63) is 23.4 Å². The Kier molecular flexibility index (Phi) is 4.70. The molecule has 0 atom stereocenters. The van der Waals surface area contributed by atoms with Crippen LogP contribution in [0.1, 0.15) is 36.8 Å². The van der Waals surface area contributed by atoms with Gasteiger partial charge in [-0.25, -0.2) is 14.6 Å². The average molecular weight is 280 g/mol. The third-order valence-corrected chi connectivity index (χ3v) is 2.37. The van der Waals surface area contributed by atoms with Crippen LogP contribution >= 0.6 is 0 Å². The summed E-state index contributed by atoms with van der Waals surface area (Å²) in [5.41, 5.74) is 0.351. The molecule has 1 amide bonds. The van der Waals surface area contributed by atoms with Crippen LogP contribution in [0.5, 0.6) is 0 Å². The number of carbonyl (C=O) groups excluding carboxylic acids is 2. The Balaban J connectivity index is 3.04. The summed E-state index contributed by atoms with van der Waals surface area (Å²) in [5.74, 6) is -0.144. The molecule has 0 spiro atoms. The molecule has 0 bridgehead atoms. The summed E-state index contributed by atoms with van der Waals surface area (Å²) in [6.07, 6.45) is -0.536. The Morgan fingerprint density at radius 2 is 1.85 bits per heavy atom. The van der Waals surface area contributed by atoms with Gasteiger partial charge in [0.2, 0.25) is 0 Å². The van der Waals surface area contributed by atoms with Crippen LogP contribution in [0.2, 0.25) is 0 Å². The topological polar surface area (TPSA) is 68.7 Å². The molecule has 0 aromatic carbocycles. The first-order valence-electron chi connectivity index (χ1n) is 6.18. The molecule has 1 aromatic rings. The smallest absolute Gasteiger partial charge is 0.415 e. The fourth-order valence-corrected chi connectivity index (χ4v) is 1.48. The molecule has 20 heavy (non-hydrogen) atoms. The maximum Gasteiger partial charge on any atom is 0.415 e. The molecule has 0 fully saturated rings. The number of hydrogen-bond donors (Lipinski definition) is 0. The number of anilines is 1. The van der Waals surface area contributed by atoms with Crippen molar-refractivity contribution in [2.75, 3.05) is 19.1 Å². The normalized spacial score (nSPS) is 10.9. The van der Waals surface area contributed by atoms with E-state index in [1.54, 1.807) is 33.8 Å². The van der Waals surface area contributed by atoms with Crippen molar-refractivity contribution >= 4 is 17.9 Å². The highest BCUT2D eigenvalue weighted by Crippen LogP contribution is 2.17. The molecule has 0 saturated heterocycles. The van der Waals surface area contributed by atoms with Gasteiger partial charge in [0.05, 0.1) is 12.7 Å². The van der Waals surface area contributed by atoms with E-state index in [0.29, 0.717) is 17.1 Å². The second-order valence-corrected chi connectivity index (χ2v) is 5.39. The van der Waals surface area contributed by atoms with Crippen LogP contribution in [0.4, 0.5) is 10.6 Å². The summed E-state index contributed by atoms with van der Waals surface area (Å²) in [7, 11) is 2.84. The zero-order valence-electron chi connectivity index (χ0n) is 12.7. The van der Waals surface area contributed by atoms with Crippen molar-refractivity contribution in [3.8, 4) is 0 Å². The first kappa shape index (κ1) is 15.9. The fourth-order valence-electron chi connectivity index (χ4n) is 1.48. The predicted molar refractivity (Wildman–Crippen MR) is 75.0 cm³/mol. The number of esters is 1. The van der Waals surface area contributed by atoms with Crippen LogP contribution in [0.25, 0.3) is 0 Å². The molecule has 0 aliphatic rings. The minimum absolute atomic E-state index is 0.333. The maximum absolute atomic E-state index is 12.0. The van der Waals surface area contributed by atoms with E-state index < -0.39 is 17.7 Å². The summed E-state index contributed by atoms with van der Waals surface area (Å²) in [5, 5.41) is 0. The van der Waals surface area contributed by atoms with Gasteiger partial charge in [-0.15, -0.1) is 0 Å². The van der Waals surface area contributed by atoms with E-state index in [1.165, 1.54) is 25.1 Å². The van der Waals surface area contributed by atoms with Gasteiger partial charge >= 0.3 is 12.1 Å². The van der Waals surface area contributed by atoms with Crippen LogP contribution in [0.15, 0.2) is 12.1 Å². The number of aromatic nitrogens is 1. The van der Waals surface area contributed by atoms with Crippen LogP contribution in [-0.2, 0) is 9.47 Å². The van der Waals surface area contributed by atoms with Crippen LogP contribution < -0.4 is 4.90 Å². The van der Waals surface area contributed by atoms with E-state index in [-0.39, 0.29) is 0 Å². The molecule has 0 saturated carbocycles. The van der Waals surface area contributed by atoms with Crippen molar-refractivity contribution in [3.63, 3.8) is 0 Å². The van der Waals surface area contributed by atoms with E-state index in [4.69, 9.17) is 4.74 Å². The molecule has 1 rings (SSSR count). The highest BCUT2D eigenvalue weighted by Gasteiger charge is 2.22. The lowest BCUT2D eigenvalue weighted by Gasteiger charge is -2.24. The molecule has 6 nitrogen and oxygen atoms in total. The van der Waals surface area contributed by atoms with Gasteiger partial charge in [0.1, 0.15) is 11.4 Å². The second-order valence-electron chi connectivity index (χ2n) is 5.39. The Morgan fingerprint density at radius 1 is 1.25 bits per heavy atom. The van der Waals surface area contributed by atoms with Crippen molar-refractivity contribution in [1.29, 1.82) is 0 Å². The quantitative estimate of drug-likeness (QED) is 0.779. The van der Waals surface area contributed by atoms with E-state index in [9.17, 15) is 9.59 Å². The van der Waals surface area contributed by atoms with Crippen molar-refractivity contribution in [2.24, 2.45) is 0 Å². The highest BCUT2D eigenvalue weighted by atomic mass is 16.6. The van der Waals surface area contributed by atoms with Crippen LogP contribution in [0, 0.1) is 6.92 Å². The largest absolute Gasteiger partial charge is 0.465 e. The Morgan fingerprint density at radius 3 is 2.35 bits per heavy atom. The van der Waals surface area contributed by atoms with Crippen LogP contribution in [0.3, 0.4) is 0 Å². The summed E-state index contributed by atoms with van der Waals surface area (Å²) in [6.45, 7) is 7.08. The van der Waals surface area contributed by atoms with Gasteiger partial charge in [-0.1, -0.05) is 0 Å². The Hall–Kier alpha value is -2.11. The fraction of sp³-hybridized carbons (Fsp3) is 0.500. The van der Waals surface area contributed by atoms with Gasteiger partial charge in [0, 0.05) is 12.7 Å². The number of amides is 1. The highest BCUT2D eigenvalue weighted by molar-refractivity contribution is 5.92. The Bertz CT molecular complexity index is 520. The monoisotopic (exact) mass is 280 g/mol. The molecule has 110 valence electrons. The molecule has 1 heterocycles. The van der Waals surface area contributed by atoms with Crippen LogP contribution in [-0.4, -0.2) is 36.8 Å². The zero-order chi connectivity index (χ0) is 15.5. The lowest BCUT2D eigenvalue weighted by atomic mass is 10.2. The molecule has 1 aromatic heterocycles. The van der Waals surface area contributed by atoms with E-state index in [1.807, 2.05) is 0 Å². The standard InChI is InChI=1S/C14H20N2O4/c1-9-7-10(12(17)19-6)8-11(15-9)16(5)13(18)20-14(2,3)4/h7-8H,1-6H3. The number of pyridine rings is 1. The lowest BCUT2D eigenvalue weighted by molar-refractivity contribution is 0.0578. The first-order chi connectivity index (χ1) is 9.14. The van der Waals surface area contributed by atoms with Gasteiger partial charge in [0.25, 0.3) is 0 Å². The minimum atomic E-state index is -0.597. The maximum atomic E-state index is 12.0. The molecular formula is C14H20N2O4. The number of rotatable bonds is 2. The summed E-state index contributed by atoms with van der Waals surface area (Å²) in [4.78, 5) is 29.0. The lowest BCUT2D eigenvalue weighted by Crippen LogP contribution is -2.34. The molecule has 0 radical (unpaired) electrons. The molecule has 0 unspecified atom stereocenters. The van der Waals surface area contributed by atoms with E-state index >= 15 is 0 Å². The summed E-state index contributed by atoms with van der Waals surface area (Å²) in [6, 6.07) is 3.08. The molecule has 0 aliphatic carbocycles. The number of aryl methyl sites for hydroxylation is 1. The number of ether oxygens (including phenoxy) is 2. The SMILES string of the molecule is COC(=O)c1cc(C)nc(N(C)C(=O)OC(C)(C)C)c1. The van der Waals surface area contributed by atoms with E-state index in [2.05, 4.69) is 9.72 Å². The summed E-state index contributed by atoms with van der Waals surface area (Å²) >= 11 is 0. The van der Waals surface area contributed by atoms with Crippen molar-refractivity contribution < 1.29 is 19.1 Å². The summed E-state index contributed by atoms with van der Waals surface area (Å²) < 4.78 is 9.92. The number of methoxy groups -OCH3 is 1. The third-order valence-electron chi connectivity index (χ3n) is 2.37. The van der Waals surface area contributed by atoms with Gasteiger partial charge in [-0.3, -0.25) is 4.90 Å². The zero-order valence-corrected chi connectivity index (χ0v) is 12.7. The van der Waals surface area contributed by atoms with E-state index in [0.717, 1.165) is 0 Å². The van der Waals surface area contributed by atoms with Gasteiger partial charge in [-0.2, -0.15) is 0 Å². The molecule has 6 heteroatoms. The Labute approximate surface area is 118 Å². The molecule has 0 aliphatic heterocycles. The number of nitrogens with zero attached hydrogens (tertiary/aromatic N) is 2. The third kappa shape index (κ3) is 4.22. The van der Waals surface area contributed by atoms with Crippen molar-refractivity contribution in [1.82, 2.24) is 4.98 Å². The van der Waals surface area contributed by atoms with Gasteiger partial charge in [-0.05, 0) is 39.8 Å². The number of hydrogen-bond acceptors (Lipinski definition) is 5. The predicted octanol–water partition coefficient (Wildman–Crippen LogP) is 2.55. The molecular weight excluding hydrogens is 260 g/mol. The minimum Gasteiger partial charge on any atom is -0.465 e. The average Bonchev–Trinajstić information content (AvgIpc) is 2.34. The van der Waals surface area contributed by atoms with Crippen molar-refractivity contribution in [2.45, 2.75) is 33.3 Å². The van der Waals surface area contributed by atoms with Gasteiger partial charge < -0.3 is 9.47 Å². The second kappa shape index (κ2) is 5.90. The first-order valence-corrected chi connectivity index (χ1v) is 6.18.